The first-order valence-corrected chi connectivity index (χ1v) is 7.01. The van der Waals surface area contributed by atoms with Crippen LogP contribution in [0.3, 0.4) is 0 Å². The number of nitrogens with one attached hydrogen (secondary N) is 1. The van der Waals surface area contributed by atoms with Gasteiger partial charge in [-0.15, -0.1) is 0 Å². The van der Waals surface area contributed by atoms with Gasteiger partial charge in [0.2, 0.25) is 0 Å². The Hall–Kier alpha value is -2.04. The van der Waals surface area contributed by atoms with Crippen molar-refractivity contribution >= 4 is 11.9 Å². The molecule has 116 valence electrons. The lowest BCUT2D eigenvalue weighted by Gasteiger charge is -2.23. The highest BCUT2D eigenvalue weighted by molar-refractivity contribution is 5.96. The number of carboxylic acids is 1. The smallest absolute Gasteiger partial charge is 0.303 e. The van der Waals surface area contributed by atoms with Crippen LogP contribution in [0.2, 0.25) is 0 Å². The molecule has 0 aromatic heterocycles. The number of aromatic hydroxyl groups is 1. The van der Waals surface area contributed by atoms with E-state index in [9.17, 15) is 14.7 Å². The lowest BCUT2D eigenvalue weighted by molar-refractivity contribution is -0.137. The second-order valence-corrected chi connectivity index (χ2v) is 6.01. The second kappa shape index (κ2) is 7.11. The molecule has 0 saturated carbocycles. The highest BCUT2D eigenvalue weighted by atomic mass is 16.4. The molecule has 0 saturated heterocycles. The third kappa shape index (κ3) is 5.45. The Labute approximate surface area is 125 Å². The quantitative estimate of drug-likeness (QED) is 0.721. The van der Waals surface area contributed by atoms with E-state index >= 15 is 0 Å². The van der Waals surface area contributed by atoms with E-state index in [4.69, 9.17) is 5.11 Å². The predicted octanol–water partition coefficient (Wildman–Crippen LogP) is 2.71. The van der Waals surface area contributed by atoms with Crippen molar-refractivity contribution in [2.45, 2.75) is 40.0 Å². The van der Waals surface area contributed by atoms with Crippen molar-refractivity contribution in [3.8, 4) is 5.75 Å². The Kier molecular flexibility index (Phi) is 5.76. The summed E-state index contributed by atoms with van der Waals surface area (Å²) in [6, 6.07) is 4.84. The monoisotopic (exact) mass is 293 g/mol. The van der Waals surface area contributed by atoms with Crippen molar-refractivity contribution in [1.82, 2.24) is 5.32 Å². The average Bonchev–Trinajstić information content (AvgIpc) is 2.39. The molecule has 1 rings (SSSR count). The van der Waals surface area contributed by atoms with Gasteiger partial charge in [0.05, 0.1) is 0 Å². The van der Waals surface area contributed by atoms with Gasteiger partial charge in [0.25, 0.3) is 5.91 Å². The number of carbonyl (C=O) groups is 2. The maximum absolute atomic E-state index is 12.1. The van der Waals surface area contributed by atoms with E-state index in [2.05, 4.69) is 5.32 Å². The number of amides is 1. The van der Waals surface area contributed by atoms with Crippen molar-refractivity contribution < 1.29 is 19.8 Å². The first kappa shape index (κ1) is 17.0. The zero-order valence-corrected chi connectivity index (χ0v) is 12.8. The molecule has 5 nitrogen and oxygen atoms in total. The average molecular weight is 293 g/mol. The van der Waals surface area contributed by atoms with Crippen LogP contribution in [0.5, 0.6) is 5.75 Å². The third-order valence-electron chi connectivity index (χ3n) is 3.65. The summed E-state index contributed by atoms with van der Waals surface area (Å²) >= 11 is 0. The Morgan fingerprint density at radius 2 is 1.90 bits per heavy atom. The molecular formula is C16H23NO4. The highest BCUT2D eigenvalue weighted by Gasteiger charge is 2.19. The van der Waals surface area contributed by atoms with Crippen LogP contribution in [0, 0.1) is 12.3 Å². The van der Waals surface area contributed by atoms with Crippen molar-refractivity contribution in [1.29, 1.82) is 0 Å². The van der Waals surface area contributed by atoms with E-state index < -0.39 is 5.97 Å². The number of phenolic OH excluding ortho intramolecular Hbond substituents is 1. The molecule has 0 aliphatic heterocycles. The molecule has 1 amide bonds. The summed E-state index contributed by atoms with van der Waals surface area (Å²) in [6.07, 6.45) is 1.40. The van der Waals surface area contributed by atoms with Gasteiger partial charge in [0.1, 0.15) is 5.75 Å². The second-order valence-electron chi connectivity index (χ2n) is 6.01. The van der Waals surface area contributed by atoms with Gasteiger partial charge < -0.3 is 15.5 Å². The number of hydrogen-bond acceptors (Lipinski definition) is 3. The molecule has 0 bridgehead atoms. The first-order valence-electron chi connectivity index (χ1n) is 7.01. The van der Waals surface area contributed by atoms with Crippen LogP contribution in [0.1, 0.15) is 49.0 Å². The molecule has 21 heavy (non-hydrogen) atoms. The summed E-state index contributed by atoms with van der Waals surface area (Å²) in [5, 5.41) is 21.1. The molecule has 1 aromatic rings. The zero-order valence-electron chi connectivity index (χ0n) is 12.8. The molecule has 0 atom stereocenters. The first-order chi connectivity index (χ1) is 9.73. The maximum atomic E-state index is 12.1. The fraction of sp³-hybridized carbons (Fsp3) is 0.500. The van der Waals surface area contributed by atoms with Gasteiger partial charge in [-0.25, -0.2) is 0 Å². The Morgan fingerprint density at radius 3 is 2.52 bits per heavy atom. The van der Waals surface area contributed by atoms with Crippen LogP contribution in [0.25, 0.3) is 0 Å². The fourth-order valence-corrected chi connectivity index (χ4v) is 2.05. The normalized spacial score (nSPS) is 11.2. The number of phenols is 1. The van der Waals surface area contributed by atoms with E-state index in [-0.39, 0.29) is 23.5 Å². The number of carboxylic acid groups (broad SMARTS) is 1. The molecule has 5 heteroatoms. The molecule has 3 N–H and O–H groups in total. The Bertz CT molecular complexity index is 523. The van der Waals surface area contributed by atoms with Crippen LogP contribution in [-0.4, -0.2) is 28.6 Å². The number of carbonyl (C=O) groups excluding carboxylic acids is 1. The standard InChI is InChI=1S/C16H23NO4/c1-11-12(5-4-6-13(11)18)15(21)17-10-9-16(2,3)8-7-14(19)20/h4-6,18H,7-10H2,1-3H3,(H,17,21)(H,19,20). The SMILES string of the molecule is Cc1c(O)cccc1C(=O)NCCC(C)(C)CCC(=O)O. The van der Waals surface area contributed by atoms with Crippen molar-refractivity contribution in [2.75, 3.05) is 6.54 Å². The summed E-state index contributed by atoms with van der Waals surface area (Å²) in [6.45, 7) is 6.14. The van der Waals surface area contributed by atoms with E-state index in [0.29, 0.717) is 30.5 Å². The van der Waals surface area contributed by atoms with Crippen LogP contribution in [0.15, 0.2) is 18.2 Å². The Balaban J connectivity index is 2.50. The molecule has 1 aromatic carbocycles. The maximum Gasteiger partial charge on any atom is 0.303 e. The molecule has 0 fully saturated rings. The molecule has 0 heterocycles. The summed E-state index contributed by atoms with van der Waals surface area (Å²) in [5.41, 5.74) is 0.873. The molecule has 0 aliphatic carbocycles. The van der Waals surface area contributed by atoms with Gasteiger partial charge in [-0.1, -0.05) is 19.9 Å². The van der Waals surface area contributed by atoms with Crippen LogP contribution < -0.4 is 5.32 Å². The van der Waals surface area contributed by atoms with Gasteiger partial charge in [-0.3, -0.25) is 9.59 Å². The predicted molar refractivity (Wildman–Crippen MR) is 80.4 cm³/mol. The van der Waals surface area contributed by atoms with E-state index in [0.717, 1.165) is 0 Å². The summed E-state index contributed by atoms with van der Waals surface area (Å²) < 4.78 is 0. The van der Waals surface area contributed by atoms with E-state index in [1.165, 1.54) is 0 Å². The van der Waals surface area contributed by atoms with Crippen molar-refractivity contribution in [2.24, 2.45) is 5.41 Å². The molecule has 0 spiro atoms. The number of hydrogen-bond donors (Lipinski definition) is 3. The minimum absolute atomic E-state index is 0.101. The van der Waals surface area contributed by atoms with Crippen LogP contribution >= 0.6 is 0 Å². The minimum Gasteiger partial charge on any atom is -0.508 e. The summed E-state index contributed by atoms with van der Waals surface area (Å²) in [5.74, 6) is -0.927. The largest absolute Gasteiger partial charge is 0.508 e. The van der Waals surface area contributed by atoms with E-state index in [1.54, 1.807) is 25.1 Å². The van der Waals surface area contributed by atoms with Gasteiger partial charge >= 0.3 is 5.97 Å². The highest BCUT2D eigenvalue weighted by Crippen LogP contribution is 2.26. The Morgan fingerprint density at radius 1 is 1.24 bits per heavy atom. The lowest BCUT2D eigenvalue weighted by atomic mass is 9.84. The van der Waals surface area contributed by atoms with Gasteiger partial charge in [-0.05, 0) is 37.3 Å². The third-order valence-corrected chi connectivity index (χ3v) is 3.65. The van der Waals surface area contributed by atoms with Crippen LogP contribution in [-0.2, 0) is 4.79 Å². The minimum atomic E-state index is -0.803. The summed E-state index contributed by atoms with van der Waals surface area (Å²) in [7, 11) is 0. The lowest BCUT2D eigenvalue weighted by Crippen LogP contribution is -2.28. The molecule has 0 radical (unpaired) electrons. The number of benzene rings is 1. The van der Waals surface area contributed by atoms with Gasteiger partial charge in [0, 0.05) is 24.1 Å². The molecular weight excluding hydrogens is 270 g/mol. The number of rotatable bonds is 7. The van der Waals surface area contributed by atoms with Gasteiger partial charge in [-0.2, -0.15) is 0 Å². The molecule has 0 unspecified atom stereocenters. The van der Waals surface area contributed by atoms with Crippen molar-refractivity contribution in [3.05, 3.63) is 29.3 Å². The van der Waals surface area contributed by atoms with Crippen LogP contribution in [0.4, 0.5) is 0 Å². The van der Waals surface area contributed by atoms with Crippen molar-refractivity contribution in [3.63, 3.8) is 0 Å². The fourth-order valence-electron chi connectivity index (χ4n) is 2.05. The molecule has 0 aliphatic rings. The summed E-state index contributed by atoms with van der Waals surface area (Å²) in [4.78, 5) is 22.6. The van der Waals surface area contributed by atoms with Gasteiger partial charge in [0.15, 0.2) is 0 Å². The topological polar surface area (TPSA) is 86.6 Å². The zero-order chi connectivity index (χ0) is 16.0. The number of aliphatic carboxylic acids is 1. The van der Waals surface area contributed by atoms with E-state index in [1.807, 2.05) is 13.8 Å².